The first-order valence-corrected chi connectivity index (χ1v) is 8.49. The fourth-order valence-corrected chi connectivity index (χ4v) is 3.91. The van der Waals surface area contributed by atoms with Crippen LogP contribution in [0.2, 0.25) is 0 Å². The lowest BCUT2D eigenvalue weighted by Gasteiger charge is -2.39. The summed E-state index contributed by atoms with van der Waals surface area (Å²) in [6, 6.07) is 15.5. The van der Waals surface area contributed by atoms with Crippen LogP contribution in [0, 0.1) is 6.92 Å². The second kappa shape index (κ2) is 6.66. The van der Waals surface area contributed by atoms with E-state index in [-0.39, 0.29) is 5.41 Å². The Hall–Kier alpha value is -1.96. The zero-order chi connectivity index (χ0) is 16.3. The molecule has 0 aromatic heterocycles. The van der Waals surface area contributed by atoms with E-state index >= 15 is 0 Å². The Morgan fingerprint density at radius 3 is 1.96 bits per heavy atom. The lowest BCUT2D eigenvalue weighted by Crippen LogP contribution is -2.30. The lowest BCUT2D eigenvalue weighted by atomic mass is 9.65. The van der Waals surface area contributed by atoms with E-state index in [1.807, 2.05) is 6.07 Å². The number of ether oxygens (including phenoxy) is 2. The van der Waals surface area contributed by atoms with Crippen molar-refractivity contribution in [1.29, 1.82) is 0 Å². The molecule has 0 N–H and O–H groups in total. The van der Waals surface area contributed by atoms with Crippen molar-refractivity contribution in [2.45, 2.75) is 44.4 Å². The highest BCUT2D eigenvalue weighted by atomic mass is 16.5. The molecule has 122 valence electrons. The second-order valence-electron chi connectivity index (χ2n) is 6.58. The minimum atomic E-state index is 0.103. The second-order valence-corrected chi connectivity index (χ2v) is 6.58. The van der Waals surface area contributed by atoms with Crippen molar-refractivity contribution in [1.82, 2.24) is 0 Å². The summed E-state index contributed by atoms with van der Waals surface area (Å²) in [5, 5.41) is 0. The van der Waals surface area contributed by atoms with Crippen molar-refractivity contribution in [3.05, 3.63) is 59.2 Å². The molecule has 2 heteroatoms. The van der Waals surface area contributed by atoms with Crippen molar-refractivity contribution < 1.29 is 9.47 Å². The molecule has 2 aromatic carbocycles. The quantitative estimate of drug-likeness (QED) is 0.766. The highest BCUT2D eigenvalue weighted by Gasteiger charge is 2.36. The molecule has 1 fully saturated rings. The maximum absolute atomic E-state index is 5.54. The van der Waals surface area contributed by atoms with Crippen LogP contribution in [0.25, 0.3) is 0 Å². The van der Waals surface area contributed by atoms with Gasteiger partial charge in [0.1, 0.15) is 0 Å². The van der Waals surface area contributed by atoms with Crippen LogP contribution < -0.4 is 9.47 Å². The monoisotopic (exact) mass is 310 g/mol. The van der Waals surface area contributed by atoms with Gasteiger partial charge in [0.2, 0.25) is 0 Å². The Kier molecular flexibility index (Phi) is 4.61. The van der Waals surface area contributed by atoms with E-state index in [0.29, 0.717) is 0 Å². The van der Waals surface area contributed by atoms with Gasteiger partial charge in [-0.3, -0.25) is 0 Å². The van der Waals surface area contributed by atoms with Crippen molar-refractivity contribution in [2.24, 2.45) is 0 Å². The average Bonchev–Trinajstić information content (AvgIpc) is 2.62. The third-order valence-electron chi connectivity index (χ3n) is 5.25. The predicted octanol–water partition coefficient (Wildman–Crippen LogP) is 5.26. The number of hydrogen-bond donors (Lipinski definition) is 0. The summed E-state index contributed by atoms with van der Waals surface area (Å²) in [7, 11) is 3.40. The molecule has 3 rings (SSSR count). The minimum Gasteiger partial charge on any atom is -0.493 e. The Bertz CT molecular complexity index is 652. The third-order valence-corrected chi connectivity index (χ3v) is 5.25. The van der Waals surface area contributed by atoms with Gasteiger partial charge in [0.05, 0.1) is 14.2 Å². The van der Waals surface area contributed by atoms with E-state index in [2.05, 4.69) is 43.3 Å². The molecular formula is C21H26O2. The van der Waals surface area contributed by atoms with Gasteiger partial charge < -0.3 is 9.47 Å². The molecule has 23 heavy (non-hydrogen) atoms. The molecule has 1 aliphatic carbocycles. The van der Waals surface area contributed by atoms with Gasteiger partial charge in [-0.1, -0.05) is 55.2 Å². The summed E-state index contributed by atoms with van der Waals surface area (Å²) >= 11 is 0. The van der Waals surface area contributed by atoms with Crippen molar-refractivity contribution in [3.63, 3.8) is 0 Å². The molecule has 2 aromatic rings. The van der Waals surface area contributed by atoms with Crippen LogP contribution in [0.4, 0.5) is 0 Å². The van der Waals surface area contributed by atoms with Crippen LogP contribution >= 0.6 is 0 Å². The van der Waals surface area contributed by atoms with Crippen LogP contribution in [-0.2, 0) is 5.41 Å². The summed E-state index contributed by atoms with van der Waals surface area (Å²) in [5.74, 6) is 1.62. The molecule has 2 nitrogen and oxygen atoms in total. The normalized spacial score (nSPS) is 16.8. The maximum Gasteiger partial charge on any atom is 0.161 e. The molecule has 0 bridgehead atoms. The van der Waals surface area contributed by atoms with E-state index in [1.54, 1.807) is 14.2 Å². The van der Waals surface area contributed by atoms with Gasteiger partial charge in [-0.15, -0.1) is 0 Å². The summed E-state index contributed by atoms with van der Waals surface area (Å²) in [4.78, 5) is 0. The molecule has 0 heterocycles. The van der Waals surface area contributed by atoms with Gasteiger partial charge in [-0.25, -0.2) is 0 Å². The molecule has 0 amide bonds. The molecule has 0 atom stereocenters. The van der Waals surface area contributed by atoms with E-state index in [9.17, 15) is 0 Å². The summed E-state index contributed by atoms with van der Waals surface area (Å²) in [6.07, 6.45) is 6.29. The molecule has 0 aliphatic heterocycles. The summed E-state index contributed by atoms with van der Waals surface area (Å²) < 4.78 is 11.0. The number of rotatable bonds is 4. The van der Waals surface area contributed by atoms with Crippen molar-refractivity contribution >= 4 is 0 Å². The van der Waals surface area contributed by atoms with E-state index < -0.39 is 0 Å². The predicted molar refractivity (Wildman–Crippen MR) is 94.6 cm³/mol. The molecule has 0 radical (unpaired) electrons. The molecule has 1 saturated carbocycles. The zero-order valence-electron chi connectivity index (χ0n) is 14.4. The molecule has 1 aliphatic rings. The molecular weight excluding hydrogens is 284 g/mol. The Morgan fingerprint density at radius 2 is 1.35 bits per heavy atom. The van der Waals surface area contributed by atoms with Crippen molar-refractivity contribution in [3.8, 4) is 11.5 Å². The fourth-order valence-electron chi connectivity index (χ4n) is 3.91. The first-order chi connectivity index (χ1) is 11.2. The largest absolute Gasteiger partial charge is 0.493 e. The molecule has 0 saturated heterocycles. The van der Waals surface area contributed by atoms with Gasteiger partial charge in [0.15, 0.2) is 11.5 Å². The highest BCUT2D eigenvalue weighted by molar-refractivity contribution is 5.49. The van der Waals surface area contributed by atoms with Gasteiger partial charge >= 0.3 is 0 Å². The third kappa shape index (κ3) is 2.95. The highest BCUT2D eigenvalue weighted by Crippen LogP contribution is 2.46. The Labute approximate surface area is 139 Å². The Morgan fingerprint density at radius 1 is 0.739 bits per heavy atom. The summed E-state index contributed by atoms with van der Waals surface area (Å²) in [5.41, 5.74) is 4.19. The van der Waals surface area contributed by atoms with Gasteiger partial charge in [-0.05, 0) is 43.0 Å². The maximum atomic E-state index is 5.54. The summed E-state index contributed by atoms with van der Waals surface area (Å²) in [6.45, 7) is 2.15. The van der Waals surface area contributed by atoms with E-state index in [4.69, 9.17) is 9.47 Å². The van der Waals surface area contributed by atoms with Gasteiger partial charge in [0, 0.05) is 5.41 Å². The van der Waals surface area contributed by atoms with Crippen molar-refractivity contribution in [2.75, 3.05) is 14.2 Å². The topological polar surface area (TPSA) is 18.5 Å². The van der Waals surface area contributed by atoms with E-state index in [0.717, 1.165) is 11.5 Å². The molecule has 0 unspecified atom stereocenters. The lowest BCUT2D eigenvalue weighted by molar-refractivity contribution is 0.336. The van der Waals surface area contributed by atoms with Crippen LogP contribution in [-0.4, -0.2) is 14.2 Å². The first-order valence-electron chi connectivity index (χ1n) is 8.49. The zero-order valence-corrected chi connectivity index (χ0v) is 14.4. The van der Waals surface area contributed by atoms with Crippen LogP contribution in [0.15, 0.2) is 42.5 Å². The number of aryl methyl sites for hydroxylation is 1. The average molecular weight is 310 g/mol. The number of benzene rings is 2. The smallest absolute Gasteiger partial charge is 0.161 e. The Balaban J connectivity index is 2.10. The van der Waals surface area contributed by atoms with Crippen LogP contribution in [0.3, 0.4) is 0 Å². The van der Waals surface area contributed by atoms with Crippen LogP contribution in [0.5, 0.6) is 11.5 Å². The SMILES string of the molecule is COc1ccc(C2(c3ccc(C)cc3)CCCCC2)cc1OC. The standard InChI is InChI=1S/C21H26O2/c1-16-7-9-17(10-8-16)21(13-5-4-6-14-21)18-11-12-19(22-2)20(15-18)23-3/h7-12,15H,4-6,13-14H2,1-3H3. The van der Waals surface area contributed by atoms with Gasteiger partial charge in [-0.2, -0.15) is 0 Å². The molecule has 0 spiro atoms. The fraction of sp³-hybridized carbons (Fsp3) is 0.429. The first kappa shape index (κ1) is 15.9. The van der Waals surface area contributed by atoms with E-state index in [1.165, 1.54) is 48.8 Å². The van der Waals surface area contributed by atoms with Crippen LogP contribution in [0.1, 0.15) is 48.8 Å². The number of methoxy groups -OCH3 is 2. The minimum absolute atomic E-state index is 0.103. The van der Waals surface area contributed by atoms with Gasteiger partial charge in [0.25, 0.3) is 0 Å². The number of hydrogen-bond acceptors (Lipinski definition) is 2.